The quantitative estimate of drug-likeness (QED) is 0.903. The van der Waals surface area contributed by atoms with Gasteiger partial charge in [-0.1, -0.05) is 12.1 Å². The Hall–Kier alpha value is -1.91. The van der Waals surface area contributed by atoms with E-state index in [1.54, 1.807) is 20.1 Å². The molecule has 0 saturated heterocycles. The molecule has 0 fully saturated rings. The average Bonchev–Trinajstić information content (AvgIpc) is 2.41. The molecule has 0 saturated carbocycles. The van der Waals surface area contributed by atoms with Gasteiger partial charge in [-0.2, -0.15) is 0 Å². The van der Waals surface area contributed by atoms with Crippen molar-refractivity contribution < 1.29 is 13.9 Å². The van der Waals surface area contributed by atoms with Crippen molar-refractivity contribution in [3.8, 4) is 11.5 Å². The van der Waals surface area contributed by atoms with Crippen molar-refractivity contribution in [2.24, 2.45) is 5.73 Å². The lowest BCUT2D eigenvalue weighted by atomic mass is 10.1. The van der Waals surface area contributed by atoms with Gasteiger partial charge in [0.05, 0.1) is 6.61 Å². The Morgan fingerprint density at radius 1 is 1.20 bits per heavy atom. The van der Waals surface area contributed by atoms with Gasteiger partial charge in [0.2, 0.25) is 0 Å². The van der Waals surface area contributed by atoms with E-state index in [0.717, 1.165) is 5.56 Å². The van der Waals surface area contributed by atoms with Crippen LogP contribution in [0.3, 0.4) is 0 Å². The first-order chi connectivity index (χ1) is 9.60. The van der Waals surface area contributed by atoms with Gasteiger partial charge in [0.25, 0.3) is 0 Å². The Balaban J connectivity index is 2.27. The molecule has 0 radical (unpaired) electrons. The molecular formula is C16H18FNO2. The molecule has 2 N–H and O–H groups in total. The van der Waals surface area contributed by atoms with E-state index in [2.05, 4.69) is 0 Å². The van der Waals surface area contributed by atoms with E-state index in [0.29, 0.717) is 23.7 Å². The summed E-state index contributed by atoms with van der Waals surface area (Å²) in [5, 5.41) is 0. The highest BCUT2D eigenvalue weighted by molar-refractivity contribution is 5.40. The molecule has 0 aromatic heterocycles. The Bertz CT molecular complexity index is 584. The highest BCUT2D eigenvalue weighted by atomic mass is 19.1. The molecule has 0 heterocycles. The minimum absolute atomic E-state index is 0.303. The average molecular weight is 275 g/mol. The fourth-order valence-corrected chi connectivity index (χ4v) is 1.96. The van der Waals surface area contributed by atoms with Gasteiger partial charge < -0.3 is 15.2 Å². The van der Waals surface area contributed by atoms with Crippen molar-refractivity contribution in [2.75, 3.05) is 7.11 Å². The molecular weight excluding hydrogens is 257 g/mol. The maximum atomic E-state index is 13.3. The van der Waals surface area contributed by atoms with Gasteiger partial charge in [-0.3, -0.25) is 0 Å². The largest absolute Gasteiger partial charge is 0.457 e. The van der Waals surface area contributed by atoms with Crippen molar-refractivity contribution in [1.29, 1.82) is 0 Å². The number of hydrogen-bond donors (Lipinski definition) is 1. The maximum Gasteiger partial charge on any atom is 0.132 e. The van der Waals surface area contributed by atoms with Gasteiger partial charge in [-0.15, -0.1) is 0 Å². The van der Waals surface area contributed by atoms with E-state index >= 15 is 0 Å². The number of nitrogens with two attached hydrogens (primary N) is 1. The smallest absolute Gasteiger partial charge is 0.132 e. The molecule has 0 aliphatic rings. The zero-order chi connectivity index (χ0) is 14.5. The standard InChI is InChI=1S/C16H18FNO2/c1-11(18)15-9-13(17)6-7-16(15)20-14-5-3-4-12(8-14)10-19-2/h3-9,11H,10,18H2,1-2H3/t11-/m1/s1. The van der Waals surface area contributed by atoms with Crippen LogP contribution in [-0.4, -0.2) is 7.11 Å². The third-order valence-corrected chi connectivity index (χ3v) is 2.90. The molecule has 0 amide bonds. The van der Waals surface area contributed by atoms with Crippen molar-refractivity contribution in [3.63, 3.8) is 0 Å². The summed E-state index contributed by atoms with van der Waals surface area (Å²) in [6.07, 6.45) is 0. The number of methoxy groups -OCH3 is 1. The lowest BCUT2D eigenvalue weighted by Crippen LogP contribution is -2.07. The van der Waals surface area contributed by atoms with E-state index in [9.17, 15) is 4.39 Å². The number of halogens is 1. The summed E-state index contributed by atoms with van der Waals surface area (Å²) >= 11 is 0. The molecule has 0 aliphatic carbocycles. The Kier molecular flexibility index (Phi) is 4.71. The fraction of sp³-hybridized carbons (Fsp3) is 0.250. The van der Waals surface area contributed by atoms with Gasteiger partial charge >= 0.3 is 0 Å². The highest BCUT2D eigenvalue weighted by Gasteiger charge is 2.10. The molecule has 2 aromatic carbocycles. The van der Waals surface area contributed by atoms with Crippen molar-refractivity contribution >= 4 is 0 Å². The SMILES string of the molecule is COCc1cccc(Oc2ccc(F)cc2[C@@H](C)N)c1. The molecule has 0 bridgehead atoms. The van der Waals surface area contributed by atoms with Crippen LogP contribution in [0.4, 0.5) is 4.39 Å². The molecule has 2 rings (SSSR count). The molecule has 2 aromatic rings. The Labute approximate surface area is 118 Å². The summed E-state index contributed by atoms with van der Waals surface area (Å²) in [4.78, 5) is 0. The fourth-order valence-electron chi connectivity index (χ4n) is 1.96. The van der Waals surface area contributed by atoms with Crippen LogP contribution in [0.1, 0.15) is 24.1 Å². The first-order valence-electron chi connectivity index (χ1n) is 6.41. The third-order valence-electron chi connectivity index (χ3n) is 2.90. The molecule has 1 atom stereocenters. The second-order valence-corrected chi connectivity index (χ2v) is 4.65. The van der Waals surface area contributed by atoms with Crippen LogP contribution < -0.4 is 10.5 Å². The number of hydrogen-bond acceptors (Lipinski definition) is 3. The molecule has 0 aliphatic heterocycles. The van der Waals surface area contributed by atoms with E-state index in [4.69, 9.17) is 15.2 Å². The van der Waals surface area contributed by atoms with E-state index < -0.39 is 0 Å². The molecule has 20 heavy (non-hydrogen) atoms. The van der Waals surface area contributed by atoms with Crippen LogP contribution >= 0.6 is 0 Å². The first kappa shape index (κ1) is 14.5. The van der Waals surface area contributed by atoms with Crippen LogP contribution in [0, 0.1) is 5.82 Å². The molecule has 3 nitrogen and oxygen atoms in total. The molecule has 0 spiro atoms. The number of benzene rings is 2. The Morgan fingerprint density at radius 2 is 2.00 bits per heavy atom. The van der Waals surface area contributed by atoms with Crippen molar-refractivity contribution in [1.82, 2.24) is 0 Å². The van der Waals surface area contributed by atoms with Gasteiger partial charge in [0.1, 0.15) is 17.3 Å². The van der Waals surface area contributed by atoms with Crippen LogP contribution in [0.25, 0.3) is 0 Å². The summed E-state index contributed by atoms with van der Waals surface area (Å²) in [6.45, 7) is 2.31. The van der Waals surface area contributed by atoms with Gasteiger partial charge in [0.15, 0.2) is 0 Å². The first-order valence-corrected chi connectivity index (χ1v) is 6.41. The normalized spacial score (nSPS) is 12.2. The predicted molar refractivity (Wildman–Crippen MR) is 76.2 cm³/mol. The second kappa shape index (κ2) is 6.50. The summed E-state index contributed by atoms with van der Waals surface area (Å²) in [7, 11) is 1.64. The summed E-state index contributed by atoms with van der Waals surface area (Å²) in [5.74, 6) is 0.918. The van der Waals surface area contributed by atoms with Crippen molar-refractivity contribution in [2.45, 2.75) is 19.6 Å². The lowest BCUT2D eigenvalue weighted by molar-refractivity contribution is 0.184. The minimum Gasteiger partial charge on any atom is -0.457 e. The zero-order valence-electron chi connectivity index (χ0n) is 11.6. The van der Waals surface area contributed by atoms with Crippen molar-refractivity contribution in [3.05, 3.63) is 59.4 Å². The second-order valence-electron chi connectivity index (χ2n) is 4.65. The van der Waals surface area contributed by atoms with E-state index in [-0.39, 0.29) is 11.9 Å². The maximum absolute atomic E-state index is 13.3. The third kappa shape index (κ3) is 3.56. The number of rotatable bonds is 5. The van der Waals surface area contributed by atoms with Crippen LogP contribution in [0.2, 0.25) is 0 Å². The number of ether oxygens (including phenoxy) is 2. The Morgan fingerprint density at radius 3 is 2.70 bits per heavy atom. The van der Waals surface area contributed by atoms with Gasteiger partial charge in [-0.05, 0) is 42.8 Å². The molecule has 4 heteroatoms. The van der Waals surface area contributed by atoms with Crippen LogP contribution in [0.15, 0.2) is 42.5 Å². The van der Waals surface area contributed by atoms with E-state index in [1.807, 2.05) is 24.3 Å². The van der Waals surface area contributed by atoms with E-state index in [1.165, 1.54) is 12.1 Å². The highest BCUT2D eigenvalue weighted by Crippen LogP contribution is 2.29. The summed E-state index contributed by atoms with van der Waals surface area (Å²) in [6, 6.07) is 11.6. The lowest BCUT2D eigenvalue weighted by Gasteiger charge is -2.14. The molecule has 106 valence electrons. The summed E-state index contributed by atoms with van der Waals surface area (Å²) < 4.78 is 24.2. The van der Waals surface area contributed by atoms with Crippen LogP contribution in [0.5, 0.6) is 11.5 Å². The summed E-state index contributed by atoms with van der Waals surface area (Å²) in [5.41, 5.74) is 7.50. The molecule has 0 unspecified atom stereocenters. The van der Waals surface area contributed by atoms with Gasteiger partial charge in [0, 0.05) is 18.7 Å². The minimum atomic E-state index is -0.321. The zero-order valence-corrected chi connectivity index (χ0v) is 11.6. The monoisotopic (exact) mass is 275 g/mol. The topological polar surface area (TPSA) is 44.5 Å². The van der Waals surface area contributed by atoms with Gasteiger partial charge in [-0.25, -0.2) is 4.39 Å². The van der Waals surface area contributed by atoms with Crippen LogP contribution in [-0.2, 0) is 11.3 Å². The predicted octanol–water partition coefficient (Wildman–Crippen LogP) is 3.78.